The number of hydrogen-bond donors (Lipinski definition) is 2. The molecule has 26 heavy (non-hydrogen) atoms. The van der Waals surface area contributed by atoms with Crippen molar-refractivity contribution < 1.29 is 4.74 Å². The van der Waals surface area contributed by atoms with Crippen LogP contribution in [0.4, 0.5) is 0 Å². The molecule has 0 bridgehead atoms. The predicted molar refractivity (Wildman–Crippen MR) is 119 cm³/mol. The van der Waals surface area contributed by atoms with Crippen molar-refractivity contribution in [3.8, 4) is 0 Å². The summed E-state index contributed by atoms with van der Waals surface area (Å²) in [5, 5.41) is 6.67. The zero-order valence-electron chi connectivity index (χ0n) is 16.1. The quantitative estimate of drug-likeness (QED) is 0.241. The minimum absolute atomic E-state index is 0. The van der Waals surface area contributed by atoms with Crippen molar-refractivity contribution in [2.24, 2.45) is 10.9 Å². The molecule has 146 valence electrons. The SMILES string of the molecule is CN=C(NCCCOCC(C)C)NCCCn1cnc2ccccc21.I. The van der Waals surface area contributed by atoms with Crippen LogP contribution in [-0.2, 0) is 11.3 Å². The van der Waals surface area contributed by atoms with Crippen LogP contribution in [0.1, 0.15) is 26.7 Å². The molecule has 0 radical (unpaired) electrons. The van der Waals surface area contributed by atoms with Crippen LogP contribution in [-0.4, -0.2) is 48.9 Å². The molecule has 1 heterocycles. The Morgan fingerprint density at radius 3 is 2.65 bits per heavy atom. The molecular formula is C19H32IN5O. The Balaban J connectivity index is 0.00000338. The highest BCUT2D eigenvalue weighted by molar-refractivity contribution is 14.0. The molecule has 0 aliphatic heterocycles. The highest BCUT2D eigenvalue weighted by Crippen LogP contribution is 2.11. The van der Waals surface area contributed by atoms with E-state index in [1.54, 1.807) is 7.05 Å². The zero-order chi connectivity index (χ0) is 17.9. The first-order valence-corrected chi connectivity index (χ1v) is 9.13. The van der Waals surface area contributed by atoms with E-state index in [-0.39, 0.29) is 24.0 Å². The van der Waals surface area contributed by atoms with Crippen LogP contribution in [0.15, 0.2) is 35.6 Å². The van der Waals surface area contributed by atoms with Gasteiger partial charge in [0.05, 0.1) is 17.4 Å². The predicted octanol–water partition coefficient (Wildman–Crippen LogP) is 3.27. The van der Waals surface area contributed by atoms with Gasteiger partial charge in [-0.2, -0.15) is 0 Å². The molecule has 0 amide bonds. The van der Waals surface area contributed by atoms with Crippen molar-refractivity contribution >= 4 is 41.0 Å². The molecule has 0 saturated carbocycles. The lowest BCUT2D eigenvalue weighted by Crippen LogP contribution is -2.38. The molecule has 0 unspecified atom stereocenters. The first kappa shape index (κ1) is 22.7. The number of aryl methyl sites for hydroxylation is 1. The summed E-state index contributed by atoms with van der Waals surface area (Å²) in [4.78, 5) is 8.67. The number of para-hydroxylation sites is 2. The van der Waals surface area contributed by atoms with Gasteiger partial charge in [-0.15, -0.1) is 24.0 Å². The number of halogens is 1. The van der Waals surface area contributed by atoms with E-state index in [4.69, 9.17) is 4.74 Å². The summed E-state index contributed by atoms with van der Waals surface area (Å²) in [6.07, 6.45) is 3.90. The highest BCUT2D eigenvalue weighted by Gasteiger charge is 2.02. The molecule has 1 aromatic carbocycles. The van der Waals surface area contributed by atoms with E-state index >= 15 is 0 Å². The van der Waals surface area contributed by atoms with E-state index < -0.39 is 0 Å². The number of fused-ring (bicyclic) bond motifs is 1. The molecule has 2 N–H and O–H groups in total. The van der Waals surface area contributed by atoms with Gasteiger partial charge in [0.25, 0.3) is 0 Å². The average Bonchev–Trinajstić information content (AvgIpc) is 3.02. The van der Waals surface area contributed by atoms with Gasteiger partial charge in [0.1, 0.15) is 0 Å². The Bertz CT molecular complexity index is 656. The Morgan fingerprint density at radius 2 is 1.92 bits per heavy atom. The van der Waals surface area contributed by atoms with Gasteiger partial charge in [0.2, 0.25) is 0 Å². The van der Waals surface area contributed by atoms with Crippen LogP contribution >= 0.6 is 24.0 Å². The number of aromatic nitrogens is 2. The van der Waals surface area contributed by atoms with Crippen LogP contribution in [0.25, 0.3) is 11.0 Å². The Hall–Kier alpha value is -1.35. The fourth-order valence-corrected chi connectivity index (χ4v) is 2.57. The molecule has 0 saturated heterocycles. The van der Waals surface area contributed by atoms with Crippen molar-refractivity contribution in [1.82, 2.24) is 20.2 Å². The fourth-order valence-electron chi connectivity index (χ4n) is 2.57. The molecule has 6 nitrogen and oxygen atoms in total. The third-order valence-corrected chi connectivity index (χ3v) is 3.83. The van der Waals surface area contributed by atoms with E-state index in [0.29, 0.717) is 5.92 Å². The molecule has 7 heteroatoms. The molecule has 0 atom stereocenters. The average molecular weight is 473 g/mol. The lowest BCUT2D eigenvalue weighted by Gasteiger charge is -2.12. The maximum Gasteiger partial charge on any atom is 0.190 e. The number of aliphatic imine (C=N–C) groups is 1. The maximum absolute atomic E-state index is 5.58. The summed E-state index contributed by atoms with van der Waals surface area (Å²) in [5.74, 6) is 1.44. The number of nitrogens with one attached hydrogen (secondary N) is 2. The van der Waals surface area contributed by atoms with Crippen molar-refractivity contribution in [3.05, 3.63) is 30.6 Å². The van der Waals surface area contributed by atoms with Gasteiger partial charge >= 0.3 is 0 Å². The first-order valence-electron chi connectivity index (χ1n) is 9.13. The number of benzene rings is 1. The Morgan fingerprint density at radius 1 is 1.19 bits per heavy atom. The number of imidazole rings is 1. The van der Waals surface area contributed by atoms with Crippen molar-refractivity contribution in [2.45, 2.75) is 33.2 Å². The van der Waals surface area contributed by atoms with Crippen LogP contribution in [0, 0.1) is 5.92 Å². The summed E-state index contributed by atoms with van der Waals surface area (Å²) in [7, 11) is 1.80. The van der Waals surface area contributed by atoms with Crippen molar-refractivity contribution in [1.29, 1.82) is 0 Å². The summed E-state index contributed by atoms with van der Waals surface area (Å²) in [5.41, 5.74) is 2.24. The zero-order valence-corrected chi connectivity index (χ0v) is 18.4. The minimum atomic E-state index is 0. The molecule has 1 aromatic heterocycles. The van der Waals surface area contributed by atoms with E-state index in [1.165, 1.54) is 5.52 Å². The Kier molecular flexibility index (Phi) is 11.3. The van der Waals surface area contributed by atoms with Gasteiger partial charge < -0.3 is 19.9 Å². The number of hydrogen-bond acceptors (Lipinski definition) is 3. The highest BCUT2D eigenvalue weighted by atomic mass is 127. The van der Waals surface area contributed by atoms with Crippen LogP contribution in [0.5, 0.6) is 0 Å². The second-order valence-electron chi connectivity index (χ2n) is 6.53. The fraction of sp³-hybridized carbons (Fsp3) is 0.579. The molecule has 0 aliphatic carbocycles. The molecule has 0 aliphatic rings. The van der Waals surface area contributed by atoms with Crippen molar-refractivity contribution in [3.63, 3.8) is 0 Å². The van der Waals surface area contributed by atoms with E-state index in [0.717, 1.165) is 57.2 Å². The van der Waals surface area contributed by atoms with Gasteiger partial charge in [-0.05, 0) is 30.9 Å². The van der Waals surface area contributed by atoms with Gasteiger partial charge in [0, 0.05) is 39.9 Å². The monoisotopic (exact) mass is 473 g/mol. The van der Waals surface area contributed by atoms with Crippen LogP contribution in [0.3, 0.4) is 0 Å². The standard InChI is InChI=1S/C19H31N5O.HI/c1-16(2)14-25-13-7-11-22-19(20-3)21-10-6-12-24-15-23-17-8-4-5-9-18(17)24;/h4-5,8-9,15-16H,6-7,10-14H2,1-3H3,(H2,20,21,22);1H. The maximum atomic E-state index is 5.58. The molecular weight excluding hydrogens is 441 g/mol. The van der Waals surface area contributed by atoms with E-state index in [9.17, 15) is 0 Å². The summed E-state index contributed by atoms with van der Waals surface area (Å²) >= 11 is 0. The lowest BCUT2D eigenvalue weighted by molar-refractivity contribution is 0.108. The first-order chi connectivity index (χ1) is 12.2. The van der Waals surface area contributed by atoms with E-state index in [1.807, 2.05) is 18.5 Å². The summed E-state index contributed by atoms with van der Waals surface area (Å²) in [6, 6.07) is 8.22. The largest absolute Gasteiger partial charge is 0.381 e. The van der Waals surface area contributed by atoms with Gasteiger partial charge in [0.15, 0.2) is 5.96 Å². The molecule has 0 fully saturated rings. The van der Waals surface area contributed by atoms with Gasteiger partial charge in [-0.1, -0.05) is 26.0 Å². The van der Waals surface area contributed by atoms with E-state index in [2.05, 4.69) is 51.2 Å². The van der Waals surface area contributed by atoms with Crippen LogP contribution < -0.4 is 10.6 Å². The molecule has 2 aromatic rings. The second-order valence-corrected chi connectivity index (χ2v) is 6.53. The van der Waals surface area contributed by atoms with Crippen LogP contribution in [0.2, 0.25) is 0 Å². The smallest absolute Gasteiger partial charge is 0.190 e. The third-order valence-electron chi connectivity index (χ3n) is 3.83. The number of rotatable bonds is 10. The Labute approximate surface area is 173 Å². The van der Waals surface area contributed by atoms with Gasteiger partial charge in [-0.3, -0.25) is 4.99 Å². The number of nitrogens with zero attached hydrogens (tertiary/aromatic N) is 3. The third kappa shape index (κ3) is 7.90. The summed E-state index contributed by atoms with van der Waals surface area (Å²) < 4.78 is 7.77. The van der Waals surface area contributed by atoms with Gasteiger partial charge in [-0.25, -0.2) is 4.98 Å². The normalized spacial score (nSPS) is 11.6. The second kappa shape index (κ2) is 12.9. The lowest BCUT2D eigenvalue weighted by atomic mass is 10.2. The van der Waals surface area contributed by atoms with Crippen molar-refractivity contribution in [2.75, 3.05) is 33.4 Å². The molecule has 0 spiro atoms. The summed E-state index contributed by atoms with van der Waals surface area (Å²) in [6.45, 7) is 8.62. The molecule has 2 rings (SSSR count). The minimum Gasteiger partial charge on any atom is -0.381 e. The number of guanidine groups is 1. The number of ether oxygens (including phenoxy) is 1. The topological polar surface area (TPSA) is 63.5 Å².